The van der Waals surface area contributed by atoms with Crippen LogP contribution in [0.25, 0.3) is 0 Å². The number of halogens is 1. The summed E-state index contributed by atoms with van der Waals surface area (Å²) in [5.41, 5.74) is 0.315. The van der Waals surface area contributed by atoms with Gasteiger partial charge in [-0.15, -0.1) is 0 Å². The van der Waals surface area contributed by atoms with Crippen molar-refractivity contribution in [3.8, 4) is 11.8 Å². The van der Waals surface area contributed by atoms with Crippen LogP contribution in [0, 0.1) is 17.1 Å². The van der Waals surface area contributed by atoms with E-state index in [1.54, 1.807) is 37.3 Å². The van der Waals surface area contributed by atoms with Crippen LogP contribution in [0.2, 0.25) is 0 Å². The van der Waals surface area contributed by atoms with Gasteiger partial charge in [0.05, 0.1) is 0 Å². The number of ketones is 1. The second kappa shape index (κ2) is 5.98. The smallest absolute Gasteiger partial charge is 0.202 e. The van der Waals surface area contributed by atoms with Gasteiger partial charge in [-0.2, -0.15) is 5.26 Å². The third-order valence-corrected chi connectivity index (χ3v) is 2.82. The maximum absolute atomic E-state index is 13.4. The standard InChI is InChI=1S/C16H12FNO2/c1-11(16(19)12-6-3-2-4-7-12)20-15-9-5-8-14(17)13(15)10-18/h2-9,11H,1H3. The van der Waals surface area contributed by atoms with Crippen LogP contribution in [0.4, 0.5) is 4.39 Å². The second-order valence-electron chi connectivity index (χ2n) is 4.22. The molecule has 100 valence electrons. The molecule has 0 bridgehead atoms. The molecule has 1 atom stereocenters. The lowest BCUT2D eigenvalue weighted by atomic mass is 10.1. The molecule has 0 saturated heterocycles. The number of carbonyl (C=O) groups is 1. The van der Waals surface area contributed by atoms with Crippen LogP contribution >= 0.6 is 0 Å². The van der Waals surface area contributed by atoms with Crippen molar-refractivity contribution in [3.05, 3.63) is 65.5 Å². The topological polar surface area (TPSA) is 50.1 Å². The Hall–Kier alpha value is -2.67. The summed E-state index contributed by atoms with van der Waals surface area (Å²) in [6.45, 7) is 1.57. The number of carbonyl (C=O) groups excluding carboxylic acids is 1. The Morgan fingerprint density at radius 3 is 2.55 bits per heavy atom. The van der Waals surface area contributed by atoms with Crippen molar-refractivity contribution < 1.29 is 13.9 Å². The number of hydrogen-bond acceptors (Lipinski definition) is 3. The van der Waals surface area contributed by atoms with Gasteiger partial charge in [0.15, 0.2) is 6.10 Å². The number of Topliss-reactive ketones (excluding diaryl/α,β-unsaturated/α-hetero) is 1. The quantitative estimate of drug-likeness (QED) is 0.800. The molecule has 0 spiro atoms. The molecular formula is C16H12FNO2. The van der Waals surface area contributed by atoms with E-state index < -0.39 is 11.9 Å². The Morgan fingerprint density at radius 2 is 1.90 bits per heavy atom. The molecule has 0 fully saturated rings. The van der Waals surface area contributed by atoms with Crippen LogP contribution in [-0.4, -0.2) is 11.9 Å². The lowest BCUT2D eigenvalue weighted by Crippen LogP contribution is -2.24. The molecule has 4 heteroatoms. The molecule has 0 aliphatic carbocycles. The molecule has 0 radical (unpaired) electrons. The Bertz CT molecular complexity index is 662. The zero-order chi connectivity index (χ0) is 14.5. The Labute approximate surface area is 116 Å². The van der Waals surface area contributed by atoms with Gasteiger partial charge in [-0.1, -0.05) is 36.4 Å². The van der Waals surface area contributed by atoms with Crippen molar-refractivity contribution in [2.75, 3.05) is 0 Å². The predicted molar refractivity (Wildman–Crippen MR) is 72.0 cm³/mol. The van der Waals surface area contributed by atoms with E-state index in [-0.39, 0.29) is 17.1 Å². The zero-order valence-electron chi connectivity index (χ0n) is 10.8. The third-order valence-electron chi connectivity index (χ3n) is 2.82. The van der Waals surface area contributed by atoms with Gasteiger partial charge in [0.1, 0.15) is 23.2 Å². The molecule has 20 heavy (non-hydrogen) atoms. The molecule has 0 amide bonds. The average molecular weight is 269 g/mol. The van der Waals surface area contributed by atoms with Crippen LogP contribution < -0.4 is 4.74 Å². The van der Waals surface area contributed by atoms with Crippen LogP contribution in [0.1, 0.15) is 22.8 Å². The molecule has 0 aromatic heterocycles. The van der Waals surface area contributed by atoms with Crippen molar-refractivity contribution >= 4 is 5.78 Å². The number of rotatable bonds is 4. The Kier molecular flexibility index (Phi) is 4.11. The van der Waals surface area contributed by atoms with E-state index in [9.17, 15) is 9.18 Å². The lowest BCUT2D eigenvalue weighted by Gasteiger charge is -2.14. The maximum atomic E-state index is 13.4. The van der Waals surface area contributed by atoms with E-state index >= 15 is 0 Å². The minimum atomic E-state index is -0.800. The van der Waals surface area contributed by atoms with Crippen LogP contribution in [0.5, 0.6) is 5.75 Å². The minimum Gasteiger partial charge on any atom is -0.481 e. The molecule has 2 aromatic rings. The fourth-order valence-electron chi connectivity index (χ4n) is 1.79. The fourth-order valence-corrected chi connectivity index (χ4v) is 1.79. The fraction of sp³-hybridized carbons (Fsp3) is 0.125. The summed E-state index contributed by atoms with van der Waals surface area (Å²) in [7, 11) is 0. The minimum absolute atomic E-state index is 0.0734. The summed E-state index contributed by atoms with van der Waals surface area (Å²) in [6.07, 6.45) is -0.800. The summed E-state index contributed by atoms with van der Waals surface area (Å²) < 4.78 is 18.9. The molecule has 0 saturated carbocycles. The van der Waals surface area contributed by atoms with Crippen molar-refractivity contribution in [2.24, 2.45) is 0 Å². The van der Waals surface area contributed by atoms with Gasteiger partial charge in [-0.25, -0.2) is 4.39 Å². The number of nitriles is 1. The van der Waals surface area contributed by atoms with Gasteiger partial charge in [0.2, 0.25) is 5.78 Å². The van der Waals surface area contributed by atoms with Crippen LogP contribution in [0.15, 0.2) is 48.5 Å². The summed E-state index contributed by atoms with van der Waals surface area (Å²) in [6, 6.07) is 14.5. The Balaban J connectivity index is 2.21. The van der Waals surface area contributed by atoms with Crippen LogP contribution in [-0.2, 0) is 0 Å². The highest BCUT2D eigenvalue weighted by molar-refractivity contribution is 5.99. The highest BCUT2D eigenvalue weighted by atomic mass is 19.1. The molecule has 0 aliphatic rings. The van der Waals surface area contributed by atoms with E-state index in [1.165, 1.54) is 18.2 Å². The van der Waals surface area contributed by atoms with Crippen LogP contribution in [0.3, 0.4) is 0 Å². The van der Waals surface area contributed by atoms with E-state index in [1.807, 2.05) is 6.07 Å². The van der Waals surface area contributed by atoms with Crippen molar-refractivity contribution in [1.82, 2.24) is 0 Å². The summed E-state index contributed by atoms with van der Waals surface area (Å²) >= 11 is 0. The molecule has 2 aromatic carbocycles. The van der Waals surface area contributed by atoms with Gasteiger partial charge in [-0.05, 0) is 19.1 Å². The predicted octanol–water partition coefficient (Wildman–Crippen LogP) is 3.35. The van der Waals surface area contributed by atoms with E-state index in [0.717, 1.165) is 0 Å². The first-order valence-corrected chi connectivity index (χ1v) is 6.08. The van der Waals surface area contributed by atoms with E-state index in [0.29, 0.717) is 5.56 Å². The van der Waals surface area contributed by atoms with E-state index in [4.69, 9.17) is 10.00 Å². The normalized spacial score (nSPS) is 11.4. The second-order valence-corrected chi connectivity index (χ2v) is 4.22. The van der Waals surface area contributed by atoms with E-state index in [2.05, 4.69) is 0 Å². The van der Waals surface area contributed by atoms with Gasteiger partial charge >= 0.3 is 0 Å². The first-order chi connectivity index (χ1) is 9.63. The highest BCUT2D eigenvalue weighted by Gasteiger charge is 2.19. The molecule has 0 aliphatic heterocycles. The highest BCUT2D eigenvalue weighted by Crippen LogP contribution is 2.22. The summed E-state index contributed by atoms with van der Waals surface area (Å²) in [5.74, 6) is -0.813. The molecule has 0 heterocycles. The average Bonchev–Trinajstić information content (AvgIpc) is 2.47. The van der Waals surface area contributed by atoms with Gasteiger partial charge in [-0.3, -0.25) is 4.79 Å². The van der Waals surface area contributed by atoms with Crippen molar-refractivity contribution in [2.45, 2.75) is 13.0 Å². The summed E-state index contributed by atoms with van der Waals surface area (Å²) in [5, 5.41) is 8.91. The number of ether oxygens (including phenoxy) is 1. The van der Waals surface area contributed by atoms with Crippen molar-refractivity contribution in [1.29, 1.82) is 5.26 Å². The maximum Gasteiger partial charge on any atom is 0.202 e. The van der Waals surface area contributed by atoms with Gasteiger partial charge in [0.25, 0.3) is 0 Å². The molecule has 1 unspecified atom stereocenters. The lowest BCUT2D eigenvalue weighted by molar-refractivity contribution is 0.0817. The number of benzene rings is 2. The molecule has 0 N–H and O–H groups in total. The number of hydrogen-bond donors (Lipinski definition) is 0. The third kappa shape index (κ3) is 2.83. The molecular weight excluding hydrogens is 257 g/mol. The van der Waals surface area contributed by atoms with Crippen molar-refractivity contribution in [3.63, 3.8) is 0 Å². The van der Waals surface area contributed by atoms with Gasteiger partial charge < -0.3 is 4.74 Å². The molecule has 2 rings (SSSR count). The largest absolute Gasteiger partial charge is 0.481 e. The van der Waals surface area contributed by atoms with Gasteiger partial charge in [0, 0.05) is 5.56 Å². The first-order valence-electron chi connectivity index (χ1n) is 6.08. The zero-order valence-corrected chi connectivity index (χ0v) is 10.8. The summed E-state index contributed by atoms with van der Waals surface area (Å²) in [4.78, 5) is 12.1. The monoisotopic (exact) mass is 269 g/mol. The Morgan fingerprint density at radius 1 is 1.20 bits per heavy atom. The first kappa shape index (κ1) is 13.8. The number of nitrogens with zero attached hydrogens (tertiary/aromatic N) is 1. The molecule has 3 nitrogen and oxygen atoms in total. The SMILES string of the molecule is CC(Oc1cccc(F)c1C#N)C(=O)c1ccccc1.